The zero-order valence-corrected chi connectivity index (χ0v) is 13.7. The number of carbonyl (C=O) groups excluding carboxylic acids is 1. The van der Waals surface area contributed by atoms with Gasteiger partial charge in [-0.05, 0) is 37.7 Å². The molecule has 0 saturated carbocycles. The second kappa shape index (κ2) is 6.45. The lowest BCUT2D eigenvalue weighted by molar-refractivity contribution is -0.384. The van der Waals surface area contributed by atoms with E-state index >= 15 is 0 Å². The predicted molar refractivity (Wildman–Crippen MR) is 90.6 cm³/mol. The first-order chi connectivity index (χ1) is 11.5. The van der Waals surface area contributed by atoms with E-state index in [1.165, 1.54) is 0 Å². The van der Waals surface area contributed by atoms with Crippen LogP contribution in [-0.4, -0.2) is 49.3 Å². The molecule has 1 aromatic carbocycles. The maximum atomic E-state index is 11.5. The molecule has 0 amide bonds. The van der Waals surface area contributed by atoms with E-state index in [0.29, 0.717) is 17.7 Å². The van der Waals surface area contributed by atoms with Gasteiger partial charge >= 0.3 is 0 Å². The number of aryl methyl sites for hydroxylation is 1. The van der Waals surface area contributed by atoms with Gasteiger partial charge in [-0.25, -0.2) is 0 Å². The van der Waals surface area contributed by atoms with Gasteiger partial charge in [0.1, 0.15) is 11.4 Å². The van der Waals surface area contributed by atoms with Crippen molar-refractivity contribution in [3.63, 3.8) is 0 Å². The smallest absolute Gasteiger partial charge is 0.292 e. The molecule has 0 bridgehead atoms. The number of hydrogen-bond acceptors (Lipinski definition) is 6. The van der Waals surface area contributed by atoms with Crippen molar-refractivity contribution in [1.29, 1.82) is 0 Å². The number of nitrogens with zero attached hydrogens (tertiary/aromatic N) is 3. The summed E-state index contributed by atoms with van der Waals surface area (Å²) in [5, 5.41) is 11.5. The highest BCUT2D eigenvalue weighted by Crippen LogP contribution is 2.37. The van der Waals surface area contributed by atoms with E-state index in [4.69, 9.17) is 4.42 Å². The quantitative estimate of drug-likeness (QED) is 0.487. The molecule has 1 fully saturated rings. The first kappa shape index (κ1) is 16.2. The van der Waals surface area contributed by atoms with Gasteiger partial charge in [0.25, 0.3) is 5.69 Å². The van der Waals surface area contributed by atoms with Gasteiger partial charge in [0, 0.05) is 37.8 Å². The van der Waals surface area contributed by atoms with Crippen molar-refractivity contribution >= 4 is 17.7 Å². The van der Waals surface area contributed by atoms with Crippen LogP contribution in [0, 0.1) is 17.0 Å². The molecule has 1 aromatic heterocycles. The van der Waals surface area contributed by atoms with Crippen LogP contribution in [0.1, 0.15) is 16.1 Å². The van der Waals surface area contributed by atoms with E-state index in [0.717, 1.165) is 37.3 Å². The molecule has 2 heterocycles. The fraction of sp³-hybridized carbons (Fsp3) is 0.353. The van der Waals surface area contributed by atoms with Crippen LogP contribution < -0.4 is 4.90 Å². The van der Waals surface area contributed by atoms with Crippen LogP contribution in [0.2, 0.25) is 0 Å². The molecule has 0 atom stereocenters. The van der Waals surface area contributed by atoms with Gasteiger partial charge < -0.3 is 14.2 Å². The number of nitro benzene ring substituents is 1. The Labute approximate surface area is 139 Å². The summed E-state index contributed by atoms with van der Waals surface area (Å²) < 4.78 is 5.49. The highest BCUT2D eigenvalue weighted by molar-refractivity contribution is 5.78. The Morgan fingerprint density at radius 1 is 1.21 bits per heavy atom. The molecule has 0 radical (unpaired) electrons. The normalized spacial score (nSPS) is 15.5. The second-order valence-electron chi connectivity index (χ2n) is 6.02. The first-order valence-corrected chi connectivity index (χ1v) is 7.77. The molecular weight excluding hydrogens is 310 g/mol. The molecule has 2 aromatic rings. The lowest BCUT2D eigenvalue weighted by Gasteiger charge is -2.34. The SMILES string of the molecule is Cc1cc([N+](=O)[O-])c(N2CCN(C)CC2)cc1-c1ccc(C=O)o1. The van der Waals surface area contributed by atoms with Crippen LogP contribution in [0.4, 0.5) is 11.4 Å². The summed E-state index contributed by atoms with van der Waals surface area (Å²) in [6.07, 6.45) is 0.644. The van der Waals surface area contributed by atoms with Gasteiger partial charge in [0.05, 0.1) is 4.92 Å². The van der Waals surface area contributed by atoms with Crippen molar-refractivity contribution < 1.29 is 14.1 Å². The number of furan rings is 1. The van der Waals surface area contributed by atoms with Crippen molar-refractivity contribution in [2.24, 2.45) is 0 Å². The Kier molecular flexibility index (Phi) is 4.35. The minimum atomic E-state index is -0.344. The number of nitro groups is 1. The molecule has 126 valence electrons. The standard InChI is InChI=1S/C17H19N3O4/c1-12-9-16(20(22)23)15(19-7-5-18(2)6-8-19)10-14(12)17-4-3-13(11-21)24-17/h3-4,9-11H,5-8H2,1-2H3. The van der Waals surface area contributed by atoms with Gasteiger partial charge in [0.15, 0.2) is 12.0 Å². The average molecular weight is 329 g/mol. The minimum absolute atomic E-state index is 0.1000. The Morgan fingerprint density at radius 2 is 1.92 bits per heavy atom. The van der Waals surface area contributed by atoms with Gasteiger partial charge in [0.2, 0.25) is 0 Å². The maximum Gasteiger partial charge on any atom is 0.292 e. The van der Waals surface area contributed by atoms with E-state index in [2.05, 4.69) is 4.90 Å². The predicted octanol–water partition coefficient (Wildman–Crippen LogP) is 2.73. The van der Waals surface area contributed by atoms with Crippen LogP contribution >= 0.6 is 0 Å². The Bertz CT molecular complexity index is 776. The zero-order valence-electron chi connectivity index (χ0n) is 13.7. The van der Waals surface area contributed by atoms with Crippen molar-refractivity contribution in [3.05, 3.63) is 45.7 Å². The summed E-state index contributed by atoms with van der Waals surface area (Å²) in [4.78, 5) is 26.2. The second-order valence-corrected chi connectivity index (χ2v) is 6.02. The zero-order chi connectivity index (χ0) is 17.3. The number of benzene rings is 1. The van der Waals surface area contributed by atoms with Crippen molar-refractivity contribution in [1.82, 2.24) is 4.90 Å². The summed E-state index contributed by atoms with van der Waals surface area (Å²) >= 11 is 0. The Hall–Kier alpha value is -2.67. The first-order valence-electron chi connectivity index (χ1n) is 7.77. The molecule has 0 spiro atoms. The molecular formula is C17H19N3O4. The monoisotopic (exact) mass is 329 g/mol. The minimum Gasteiger partial charge on any atom is -0.453 e. The Morgan fingerprint density at radius 3 is 2.50 bits per heavy atom. The van der Waals surface area contributed by atoms with Crippen molar-refractivity contribution in [2.45, 2.75) is 6.92 Å². The van der Waals surface area contributed by atoms with Crippen molar-refractivity contribution in [3.8, 4) is 11.3 Å². The third kappa shape index (κ3) is 3.03. The lowest BCUT2D eigenvalue weighted by Crippen LogP contribution is -2.44. The van der Waals surface area contributed by atoms with E-state index in [1.807, 2.05) is 11.9 Å². The topological polar surface area (TPSA) is 79.8 Å². The number of anilines is 1. The number of aldehydes is 1. The van der Waals surface area contributed by atoms with Gasteiger partial charge in [-0.15, -0.1) is 0 Å². The fourth-order valence-corrected chi connectivity index (χ4v) is 2.95. The van der Waals surface area contributed by atoms with E-state index in [-0.39, 0.29) is 16.4 Å². The summed E-state index contributed by atoms with van der Waals surface area (Å²) in [5.74, 6) is 0.781. The molecule has 1 saturated heterocycles. The third-order valence-corrected chi connectivity index (χ3v) is 4.37. The molecule has 7 heteroatoms. The van der Waals surface area contributed by atoms with Crippen LogP contribution in [0.15, 0.2) is 28.7 Å². The van der Waals surface area contributed by atoms with Crippen LogP contribution in [0.3, 0.4) is 0 Å². The Balaban J connectivity index is 2.06. The highest BCUT2D eigenvalue weighted by atomic mass is 16.6. The highest BCUT2D eigenvalue weighted by Gasteiger charge is 2.25. The maximum absolute atomic E-state index is 11.5. The van der Waals surface area contributed by atoms with Gasteiger partial charge in [-0.2, -0.15) is 0 Å². The molecule has 0 aliphatic carbocycles. The molecule has 3 rings (SSSR count). The molecule has 24 heavy (non-hydrogen) atoms. The summed E-state index contributed by atoms with van der Waals surface area (Å²) in [6.45, 7) is 4.99. The molecule has 1 aliphatic rings. The van der Waals surface area contributed by atoms with E-state index < -0.39 is 0 Å². The summed E-state index contributed by atoms with van der Waals surface area (Å²) in [5.41, 5.74) is 2.20. The van der Waals surface area contributed by atoms with Crippen LogP contribution in [0.25, 0.3) is 11.3 Å². The summed E-state index contributed by atoms with van der Waals surface area (Å²) in [7, 11) is 2.04. The number of likely N-dealkylation sites (N-methyl/N-ethyl adjacent to an activating group) is 1. The number of rotatable bonds is 4. The van der Waals surface area contributed by atoms with E-state index in [9.17, 15) is 14.9 Å². The average Bonchev–Trinajstić information content (AvgIpc) is 3.04. The molecule has 7 nitrogen and oxygen atoms in total. The van der Waals surface area contributed by atoms with E-state index in [1.54, 1.807) is 31.2 Å². The molecule has 1 aliphatic heterocycles. The van der Waals surface area contributed by atoms with Crippen LogP contribution in [0.5, 0.6) is 0 Å². The van der Waals surface area contributed by atoms with Crippen LogP contribution in [-0.2, 0) is 0 Å². The molecule has 0 N–H and O–H groups in total. The van der Waals surface area contributed by atoms with Crippen molar-refractivity contribution in [2.75, 3.05) is 38.1 Å². The number of carbonyl (C=O) groups is 1. The largest absolute Gasteiger partial charge is 0.453 e. The van der Waals surface area contributed by atoms with Gasteiger partial charge in [-0.1, -0.05) is 0 Å². The lowest BCUT2D eigenvalue weighted by atomic mass is 10.0. The van der Waals surface area contributed by atoms with Gasteiger partial charge in [-0.3, -0.25) is 14.9 Å². The molecule has 0 unspecified atom stereocenters. The fourth-order valence-electron chi connectivity index (χ4n) is 2.95. The number of hydrogen-bond donors (Lipinski definition) is 0. The third-order valence-electron chi connectivity index (χ3n) is 4.37. The number of piperazine rings is 1. The summed E-state index contributed by atoms with van der Waals surface area (Å²) in [6, 6.07) is 6.68.